The van der Waals surface area contributed by atoms with Gasteiger partial charge in [-0.25, -0.2) is 5.01 Å². The second kappa shape index (κ2) is 9.04. The molecule has 0 amide bonds. The average Bonchev–Trinajstić information content (AvgIpc) is 3.17. The number of hydrazine groups is 1. The van der Waals surface area contributed by atoms with Crippen molar-refractivity contribution in [1.29, 1.82) is 5.26 Å². The van der Waals surface area contributed by atoms with Crippen molar-refractivity contribution in [3.8, 4) is 6.07 Å². The highest BCUT2D eigenvalue weighted by molar-refractivity contribution is 4.94. The lowest BCUT2D eigenvalue weighted by Crippen LogP contribution is -2.44. The van der Waals surface area contributed by atoms with E-state index in [1.165, 1.54) is 77.3 Å². The number of rotatable bonds is 4. The molecule has 2 N–H and O–H groups in total. The molecule has 0 aromatic rings. The van der Waals surface area contributed by atoms with E-state index in [0.29, 0.717) is 6.04 Å². The number of nitrogens with one attached hydrogen (secondary N) is 2. The zero-order valence-corrected chi connectivity index (χ0v) is 16.5. The number of hydrogen-bond acceptors (Lipinski definition) is 4. The van der Waals surface area contributed by atoms with Gasteiger partial charge in [0, 0.05) is 25.7 Å². The topological polar surface area (TPSA) is 51.1 Å². The van der Waals surface area contributed by atoms with Crippen molar-refractivity contribution in [3.63, 3.8) is 0 Å². The van der Waals surface area contributed by atoms with E-state index >= 15 is 0 Å². The van der Waals surface area contributed by atoms with E-state index in [2.05, 4.69) is 21.8 Å². The molecule has 0 radical (unpaired) electrons. The number of hydrogen-bond donors (Lipinski definition) is 2. The van der Waals surface area contributed by atoms with E-state index < -0.39 is 0 Å². The van der Waals surface area contributed by atoms with Crippen molar-refractivity contribution in [2.75, 3.05) is 26.2 Å². The Morgan fingerprint density at radius 3 is 2.54 bits per heavy atom. The molecule has 0 aromatic heterocycles. The summed E-state index contributed by atoms with van der Waals surface area (Å²) in [6.07, 6.45) is 15.3. The minimum absolute atomic E-state index is 0.240. The van der Waals surface area contributed by atoms with E-state index in [1.807, 2.05) is 0 Å². The van der Waals surface area contributed by atoms with Gasteiger partial charge in [-0.15, -0.1) is 0 Å². The van der Waals surface area contributed by atoms with Crippen LogP contribution in [0.4, 0.5) is 0 Å². The number of piperidine rings is 1. The smallest absolute Gasteiger partial charge is 0.0669 e. The zero-order chi connectivity index (χ0) is 17.8. The molecule has 5 atom stereocenters. The normalized spacial score (nSPS) is 40.3. The summed E-state index contributed by atoms with van der Waals surface area (Å²) < 4.78 is 0. The van der Waals surface area contributed by atoms with Crippen LogP contribution in [0.5, 0.6) is 0 Å². The summed E-state index contributed by atoms with van der Waals surface area (Å²) in [5, 5.41) is 15.4. The molecule has 2 heterocycles. The fourth-order valence-corrected chi connectivity index (χ4v) is 6.32. The minimum Gasteiger partial charge on any atom is -0.315 e. The van der Waals surface area contributed by atoms with Gasteiger partial charge >= 0.3 is 0 Å². The molecule has 4 aliphatic rings. The predicted octanol–water partition coefficient (Wildman–Crippen LogP) is 3.70. The first-order chi connectivity index (χ1) is 12.8. The SMILES string of the molecule is N#CC1CNCC(C2CCCC(C3CCN(CC4CCCCC4)N3)C2)C1. The van der Waals surface area contributed by atoms with Crippen LogP contribution in [-0.2, 0) is 0 Å². The van der Waals surface area contributed by atoms with Crippen LogP contribution in [0.3, 0.4) is 0 Å². The maximum absolute atomic E-state index is 9.29. The molecule has 2 aliphatic carbocycles. The minimum atomic E-state index is 0.240. The van der Waals surface area contributed by atoms with Crippen LogP contribution >= 0.6 is 0 Å². The van der Waals surface area contributed by atoms with E-state index in [-0.39, 0.29) is 5.92 Å². The highest BCUT2D eigenvalue weighted by Crippen LogP contribution is 2.40. The summed E-state index contributed by atoms with van der Waals surface area (Å²) in [6.45, 7) is 4.58. The Kier molecular flexibility index (Phi) is 6.51. The van der Waals surface area contributed by atoms with E-state index in [1.54, 1.807) is 0 Å². The van der Waals surface area contributed by atoms with Crippen molar-refractivity contribution >= 4 is 0 Å². The van der Waals surface area contributed by atoms with Crippen molar-refractivity contribution < 1.29 is 0 Å². The molecule has 4 nitrogen and oxygen atoms in total. The molecule has 26 heavy (non-hydrogen) atoms. The fourth-order valence-electron chi connectivity index (χ4n) is 6.32. The van der Waals surface area contributed by atoms with Crippen LogP contribution in [-0.4, -0.2) is 37.2 Å². The maximum atomic E-state index is 9.29. The van der Waals surface area contributed by atoms with Crippen LogP contribution in [0.15, 0.2) is 0 Å². The highest BCUT2D eigenvalue weighted by Gasteiger charge is 2.37. The third kappa shape index (κ3) is 4.61. The molecule has 4 heteroatoms. The van der Waals surface area contributed by atoms with E-state index in [4.69, 9.17) is 0 Å². The summed E-state index contributed by atoms with van der Waals surface area (Å²) in [4.78, 5) is 0. The van der Waals surface area contributed by atoms with Gasteiger partial charge in [0.15, 0.2) is 0 Å². The van der Waals surface area contributed by atoms with Crippen molar-refractivity contribution in [1.82, 2.24) is 15.8 Å². The Labute approximate surface area is 160 Å². The largest absolute Gasteiger partial charge is 0.315 e. The van der Waals surface area contributed by atoms with E-state index in [0.717, 1.165) is 43.2 Å². The summed E-state index contributed by atoms with van der Waals surface area (Å²) in [5.41, 5.74) is 3.92. The van der Waals surface area contributed by atoms with Crippen LogP contribution < -0.4 is 10.7 Å². The maximum Gasteiger partial charge on any atom is 0.0669 e. The lowest BCUT2D eigenvalue weighted by Gasteiger charge is -2.39. The van der Waals surface area contributed by atoms with Crippen LogP contribution in [0.25, 0.3) is 0 Å². The standard InChI is InChI=1S/C22H38N4/c23-13-18-11-21(15-24-14-18)19-7-4-8-20(12-19)22-9-10-26(25-22)16-17-5-2-1-3-6-17/h17-22,24-25H,1-12,14-16H2. The van der Waals surface area contributed by atoms with Gasteiger partial charge in [-0.2, -0.15) is 5.26 Å². The van der Waals surface area contributed by atoms with Crippen molar-refractivity contribution in [2.24, 2.45) is 29.6 Å². The lowest BCUT2D eigenvalue weighted by molar-refractivity contribution is 0.117. The van der Waals surface area contributed by atoms with E-state index in [9.17, 15) is 5.26 Å². The molecule has 2 aliphatic heterocycles. The van der Waals surface area contributed by atoms with Gasteiger partial charge < -0.3 is 5.32 Å². The Bertz CT molecular complexity index is 481. The summed E-state index contributed by atoms with van der Waals surface area (Å²) in [5.74, 6) is 3.60. The molecule has 4 fully saturated rings. The van der Waals surface area contributed by atoms with Crippen molar-refractivity contribution in [2.45, 2.75) is 76.7 Å². The average molecular weight is 359 g/mol. The Morgan fingerprint density at radius 2 is 1.69 bits per heavy atom. The molecule has 0 bridgehead atoms. The second-order valence-corrected chi connectivity index (χ2v) is 9.64. The van der Waals surface area contributed by atoms with Gasteiger partial charge in [-0.05, 0) is 68.7 Å². The molecule has 2 saturated carbocycles. The molecule has 5 unspecified atom stereocenters. The number of nitriles is 1. The lowest BCUT2D eigenvalue weighted by atomic mass is 9.70. The number of nitrogens with zero attached hydrogens (tertiary/aromatic N) is 2. The third-order valence-corrected chi connectivity index (χ3v) is 7.82. The van der Waals surface area contributed by atoms with Gasteiger partial charge in [0.1, 0.15) is 0 Å². The van der Waals surface area contributed by atoms with Gasteiger partial charge in [-0.1, -0.05) is 32.1 Å². The van der Waals surface area contributed by atoms with Crippen LogP contribution in [0.2, 0.25) is 0 Å². The van der Waals surface area contributed by atoms with Crippen molar-refractivity contribution in [3.05, 3.63) is 0 Å². The second-order valence-electron chi connectivity index (χ2n) is 9.64. The Balaban J connectivity index is 1.26. The van der Waals surface area contributed by atoms with Gasteiger partial charge in [-0.3, -0.25) is 5.43 Å². The zero-order valence-electron chi connectivity index (χ0n) is 16.5. The first kappa shape index (κ1) is 18.7. The molecule has 146 valence electrons. The summed E-state index contributed by atoms with van der Waals surface area (Å²) in [6, 6.07) is 3.21. The van der Waals surface area contributed by atoms with Gasteiger partial charge in [0.05, 0.1) is 12.0 Å². The molecular weight excluding hydrogens is 320 g/mol. The van der Waals surface area contributed by atoms with Gasteiger partial charge in [0.25, 0.3) is 0 Å². The molecule has 0 aromatic carbocycles. The first-order valence-corrected chi connectivity index (χ1v) is 11.4. The molecule has 0 spiro atoms. The quantitative estimate of drug-likeness (QED) is 0.804. The Morgan fingerprint density at radius 1 is 0.846 bits per heavy atom. The fraction of sp³-hybridized carbons (Fsp3) is 0.955. The summed E-state index contributed by atoms with van der Waals surface area (Å²) >= 11 is 0. The van der Waals surface area contributed by atoms with Crippen LogP contribution in [0, 0.1) is 40.9 Å². The Hall–Kier alpha value is -0.630. The summed E-state index contributed by atoms with van der Waals surface area (Å²) in [7, 11) is 0. The van der Waals surface area contributed by atoms with Crippen LogP contribution in [0.1, 0.15) is 70.6 Å². The molecule has 4 rings (SSSR count). The highest BCUT2D eigenvalue weighted by atomic mass is 15.5. The third-order valence-electron chi connectivity index (χ3n) is 7.82. The molecule has 2 saturated heterocycles. The molecular formula is C22H38N4. The van der Waals surface area contributed by atoms with Gasteiger partial charge in [0.2, 0.25) is 0 Å². The monoisotopic (exact) mass is 358 g/mol. The first-order valence-electron chi connectivity index (χ1n) is 11.4. The predicted molar refractivity (Wildman–Crippen MR) is 105 cm³/mol.